The quantitative estimate of drug-likeness (QED) is 0.408. The number of nitrogens with one attached hydrogen (secondary N) is 3. The first kappa shape index (κ1) is 25.0. The molecule has 8 heteroatoms. The van der Waals surface area contributed by atoms with E-state index in [0.29, 0.717) is 34.7 Å². The van der Waals surface area contributed by atoms with E-state index in [4.69, 9.17) is 0 Å². The molecule has 0 aliphatic heterocycles. The third-order valence-electron chi connectivity index (χ3n) is 4.99. The number of rotatable bonds is 9. The van der Waals surface area contributed by atoms with Gasteiger partial charge in [-0.2, -0.15) is 11.8 Å². The topological polar surface area (TPSA) is 87.3 Å². The standard InChI is InChI=1S/C26H26FN3O3S/c1-17-6-3-7-18(14-17)25(32)30-23(12-13-34-2)26(33)29-21-10-4-8-19(15-21)24(31)28-22-11-5-9-20(27)16-22/h3-11,14-16,23H,12-13H2,1-2H3,(H,28,31)(H,29,33)(H,30,32). The number of aryl methyl sites for hydroxylation is 1. The number of carbonyl (C=O) groups excluding carboxylic acids is 3. The highest BCUT2D eigenvalue weighted by molar-refractivity contribution is 7.98. The van der Waals surface area contributed by atoms with Gasteiger partial charge in [-0.15, -0.1) is 0 Å². The SMILES string of the molecule is CSCCC(NC(=O)c1cccc(C)c1)C(=O)Nc1cccc(C(=O)Nc2cccc(F)c2)c1. The van der Waals surface area contributed by atoms with Gasteiger partial charge < -0.3 is 16.0 Å². The van der Waals surface area contributed by atoms with Crippen LogP contribution in [0.3, 0.4) is 0 Å². The van der Waals surface area contributed by atoms with Crippen LogP contribution in [-0.2, 0) is 4.79 Å². The molecule has 0 aliphatic rings. The second-order valence-corrected chi connectivity index (χ2v) is 8.70. The van der Waals surface area contributed by atoms with E-state index < -0.39 is 17.8 Å². The van der Waals surface area contributed by atoms with Gasteiger partial charge in [-0.1, -0.05) is 29.8 Å². The van der Waals surface area contributed by atoms with E-state index in [1.165, 1.54) is 24.3 Å². The molecular formula is C26H26FN3O3S. The molecule has 3 rings (SSSR count). The van der Waals surface area contributed by atoms with Crippen molar-refractivity contribution in [1.82, 2.24) is 5.32 Å². The molecule has 0 fully saturated rings. The Labute approximate surface area is 202 Å². The predicted molar refractivity (Wildman–Crippen MR) is 135 cm³/mol. The Kier molecular flexibility index (Phi) is 8.81. The fourth-order valence-electron chi connectivity index (χ4n) is 3.27. The van der Waals surface area contributed by atoms with Crippen LogP contribution in [0.25, 0.3) is 0 Å². The van der Waals surface area contributed by atoms with Gasteiger partial charge in [-0.3, -0.25) is 14.4 Å². The second kappa shape index (κ2) is 12.0. The smallest absolute Gasteiger partial charge is 0.255 e. The third kappa shape index (κ3) is 7.18. The van der Waals surface area contributed by atoms with Crippen molar-refractivity contribution in [3.8, 4) is 0 Å². The van der Waals surface area contributed by atoms with Gasteiger partial charge in [0.05, 0.1) is 0 Å². The van der Waals surface area contributed by atoms with Crippen molar-refractivity contribution < 1.29 is 18.8 Å². The molecule has 3 aromatic rings. The Morgan fingerprint density at radius 1 is 0.853 bits per heavy atom. The summed E-state index contributed by atoms with van der Waals surface area (Å²) >= 11 is 1.58. The van der Waals surface area contributed by atoms with Gasteiger partial charge in [0.15, 0.2) is 0 Å². The van der Waals surface area contributed by atoms with Crippen LogP contribution in [0.4, 0.5) is 15.8 Å². The number of halogens is 1. The molecule has 0 heterocycles. The number of thioether (sulfide) groups is 1. The number of amides is 3. The lowest BCUT2D eigenvalue weighted by atomic mass is 10.1. The lowest BCUT2D eigenvalue weighted by molar-refractivity contribution is -0.118. The van der Waals surface area contributed by atoms with Crippen LogP contribution in [0.5, 0.6) is 0 Å². The van der Waals surface area contributed by atoms with E-state index in [1.54, 1.807) is 54.2 Å². The average Bonchev–Trinajstić information content (AvgIpc) is 2.81. The predicted octanol–water partition coefficient (Wildman–Crippen LogP) is 4.88. The van der Waals surface area contributed by atoms with E-state index in [1.807, 2.05) is 19.2 Å². The summed E-state index contributed by atoms with van der Waals surface area (Å²) in [5.74, 6) is -0.912. The van der Waals surface area contributed by atoms with Crippen molar-refractivity contribution in [3.05, 3.63) is 95.3 Å². The maximum Gasteiger partial charge on any atom is 0.255 e. The molecule has 0 saturated carbocycles. The molecule has 34 heavy (non-hydrogen) atoms. The summed E-state index contributed by atoms with van der Waals surface area (Å²) in [6, 6.07) is 18.4. The monoisotopic (exact) mass is 479 g/mol. The Hall–Kier alpha value is -3.65. The lowest BCUT2D eigenvalue weighted by Crippen LogP contribution is -2.44. The number of benzene rings is 3. The number of carbonyl (C=O) groups is 3. The van der Waals surface area contributed by atoms with Gasteiger partial charge in [0.1, 0.15) is 11.9 Å². The van der Waals surface area contributed by atoms with Crippen molar-refractivity contribution in [2.24, 2.45) is 0 Å². The van der Waals surface area contributed by atoms with Crippen LogP contribution in [-0.4, -0.2) is 35.8 Å². The van der Waals surface area contributed by atoms with Gasteiger partial charge in [-0.05, 0) is 73.9 Å². The minimum Gasteiger partial charge on any atom is -0.340 e. The van der Waals surface area contributed by atoms with Gasteiger partial charge in [-0.25, -0.2) is 4.39 Å². The zero-order chi connectivity index (χ0) is 24.5. The van der Waals surface area contributed by atoms with Crippen molar-refractivity contribution in [3.63, 3.8) is 0 Å². The normalized spacial score (nSPS) is 11.4. The van der Waals surface area contributed by atoms with Gasteiger partial charge in [0.2, 0.25) is 5.91 Å². The van der Waals surface area contributed by atoms with E-state index in [-0.39, 0.29) is 11.8 Å². The molecule has 0 aliphatic carbocycles. The Balaban J connectivity index is 1.69. The van der Waals surface area contributed by atoms with Crippen LogP contribution in [0.15, 0.2) is 72.8 Å². The molecule has 6 nitrogen and oxygen atoms in total. The molecule has 0 spiro atoms. The van der Waals surface area contributed by atoms with Crippen molar-refractivity contribution in [1.29, 1.82) is 0 Å². The van der Waals surface area contributed by atoms with Gasteiger partial charge in [0, 0.05) is 22.5 Å². The summed E-state index contributed by atoms with van der Waals surface area (Å²) in [5.41, 5.74) is 2.47. The molecule has 0 saturated heterocycles. The minimum absolute atomic E-state index is 0.298. The molecule has 0 bridgehead atoms. The zero-order valence-corrected chi connectivity index (χ0v) is 19.7. The summed E-state index contributed by atoms with van der Waals surface area (Å²) in [5, 5.41) is 8.22. The van der Waals surface area contributed by atoms with E-state index in [9.17, 15) is 18.8 Å². The summed E-state index contributed by atoms with van der Waals surface area (Å²) in [7, 11) is 0. The molecule has 3 amide bonds. The molecule has 1 unspecified atom stereocenters. The molecule has 3 aromatic carbocycles. The fraction of sp³-hybridized carbons (Fsp3) is 0.192. The Morgan fingerprint density at radius 2 is 1.50 bits per heavy atom. The van der Waals surface area contributed by atoms with Gasteiger partial charge in [0.25, 0.3) is 11.8 Å². The fourth-order valence-corrected chi connectivity index (χ4v) is 3.74. The molecular weight excluding hydrogens is 453 g/mol. The summed E-state index contributed by atoms with van der Waals surface area (Å²) in [6.45, 7) is 1.89. The third-order valence-corrected chi connectivity index (χ3v) is 5.63. The highest BCUT2D eigenvalue weighted by atomic mass is 32.2. The molecule has 3 N–H and O–H groups in total. The molecule has 0 radical (unpaired) electrons. The van der Waals surface area contributed by atoms with Crippen molar-refractivity contribution in [2.45, 2.75) is 19.4 Å². The van der Waals surface area contributed by atoms with E-state index >= 15 is 0 Å². The molecule has 0 aromatic heterocycles. The first-order chi connectivity index (χ1) is 16.4. The first-order valence-electron chi connectivity index (χ1n) is 10.7. The highest BCUT2D eigenvalue weighted by Gasteiger charge is 2.22. The van der Waals surface area contributed by atoms with Crippen LogP contribution in [0, 0.1) is 12.7 Å². The van der Waals surface area contributed by atoms with Crippen LogP contribution in [0.2, 0.25) is 0 Å². The summed E-state index contributed by atoms with van der Waals surface area (Å²) in [4.78, 5) is 38.2. The van der Waals surface area contributed by atoms with Crippen molar-refractivity contribution in [2.75, 3.05) is 22.6 Å². The number of anilines is 2. The molecule has 176 valence electrons. The number of hydrogen-bond acceptors (Lipinski definition) is 4. The van der Waals surface area contributed by atoms with Crippen LogP contribution < -0.4 is 16.0 Å². The van der Waals surface area contributed by atoms with E-state index in [0.717, 1.165) is 5.56 Å². The minimum atomic E-state index is -0.745. The van der Waals surface area contributed by atoms with Crippen molar-refractivity contribution >= 4 is 40.9 Å². The average molecular weight is 480 g/mol. The number of hydrogen-bond donors (Lipinski definition) is 3. The molecule has 1 atom stereocenters. The van der Waals surface area contributed by atoms with E-state index in [2.05, 4.69) is 16.0 Å². The Morgan fingerprint density at radius 3 is 2.18 bits per heavy atom. The lowest BCUT2D eigenvalue weighted by Gasteiger charge is -2.18. The maximum absolute atomic E-state index is 13.4. The first-order valence-corrected chi connectivity index (χ1v) is 12.1. The van der Waals surface area contributed by atoms with Crippen LogP contribution in [0.1, 0.15) is 32.7 Å². The zero-order valence-electron chi connectivity index (χ0n) is 18.9. The Bertz CT molecular complexity index is 1190. The van der Waals surface area contributed by atoms with Gasteiger partial charge >= 0.3 is 0 Å². The summed E-state index contributed by atoms with van der Waals surface area (Å²) < 4.78 is 13.4. The second-order valence-electron chi connectivity index (χ2n) is 7.71. The highest BCUT2D eigenvalue weighted by Crippen LogP contribution is 2.16. The van der Waals surface area contributed by atoms with Crippen LogP contribution >= 0.6 is 11.8 Å². The summed E-state index contributed by atoms with van der Waals surface area (Å²) in [6.07, 6.45) is 2.38. The largest absolute Gasteiger partial charge is 0.340 e. The maximum atomic E-state index is 13.4.